The largest absolute Gasteiger partial charge is 0.493 e. The second-order valence-corrected chi connectivity index (χ2v) is 3.78. The van der Waals surface area contributed by atoms with Crippen molar-refractivity contribution in [1.29, 1.82) is 0 Å². The lowest BCUT2D eigenvalue weighted by Crippen LogP contribution is -2.24. The van der Waals surface area contributed by atoms with Crippen molar-refractivity contribution in [2.75, 3.05) is 14.2 Å². The summed E-state index contributed by atoms with van der Waals surface area (Å²) in [5, 5.41) is 9.76. The van der Waals surface area contributed by atoms with Crippen molar-refractivity contribution in [2.24, 2.45) is 0 Å². The van der Waals surface area contributed by atoms with E-state index in [1.165, 1.54) is 0 Å². The average Bonchev–Trinajstić information content (AvgIpc) is 2.28. The summed E-state index contributed by atoms with van der Waals surface area (Å²) in [5.41, 5.74) is -0.236. The number of ether oxygens (including phenoxy) is 2. The molecule has 0 aliphatic heterocycles. The van der Waals surface area contributed by atoms with Crippen LogP contribution in [0.3, 0.4) is 0 Å². The first-order chi connectivity index (χ1) is 7.52. The topological polar surface area (TPSA) is 38.7 Å². The molecule has 1 N–H and O–H groups in total. The Morgan fingerprint density at radius 1 is 1.31 bits per heavy atom. The Kier molecular flexibility index (Phi) is 3.81. The maximum absolute atomic E-state index is 9.76. The number of aliphatic hydroxyl groups is 1. The van der Waals surface area contributed by atoms with Gasteiger partial charge in [-0.25, -0.2) is 0 Å². The van der Waals surface area contributed by atoms with Gasteiger partial charge in [-0.1, -0.05) is 12.0 Å². The summed E-state index contributed by atoms with van der Waals surface area (Å²) in [4.78, 5) is 0. The van der Waals surface area contributed by atoms with E-state index < -0.39 is 5.60 Å². The van der Waals surface area contributed by atoms with Crippen LogP contribution < -0.4 is 9.47 Å². The van der Waals surface area contributed by atoms with E-state index in [4.69, 9.17) is 15.9 Å². The van der Waals surface area contributed by atoms with Gasteiger partial charge in [-0.05, 0) is 24.6 Å². The first kappa shape index (κ1) is 12.4. The molecule has 1 rings (SSSR count). The third kappa shape index (κ3) is 2.91. The zero-order chi connectivity index (χ0) is 12.2. The smallest absolute Gasteiger partial charge is 0.160 e. The highest BCUT2D eigenvalue weighted by Gasteiger charge is 2.18. The van der Waals surface area contributed by atoms with Gasteiger partial charge in [-0.15, -0.1) is 6.42 Å². The second kappa shape index (κ2) is 4.91. The summed E-state index contributed by atoms with van der Waals surface area (Å²) in [6.07, 6.45) is 5.60. The van der Waals surface area contributed by atoms with Crippen LogP contribution in [0.25, 0.3) is 0 Å². The van der Waals surface area contributed by atoms with Gasteiger partial charge in [0.2, 0.25) is 0 Å². The van der Waals surface area contributed by atoms with Crippen LogP contribution in [0, 0.1) is 12.3 Å². The summed E-state index contributed by atoms with van der Waals surface area (Å²) in [6.45, 7) is 1.60. The molecule has 1 aromatic rings. The van der Waals surface area contributed by atoms with Gasteiger partial charge in [-0.3, -0.25) is 0 Å². The van der Waals surface area contributed by atoms with Crippen molar-refractivity contribution >= 4 is 0 Å². The van der Waals surface area contributed by atoms with Gasteiger partial charge < -0.3 is 14.6 Å². The van der Waals surface area contributed by atoms with Crippen LogP contribution in [0.5, 0.6) is 11.5 Å². The normalized spacial score (nSPS) is 13.7. The SMILES string of the molecule is C#CC(C)(O)Cc1ccc(OC)c(OC)c1. The highest BCUT2D eigenvalue weighted by molar-refractivity contribution is 5.43. The molecule has 86 valence electrons. The van der Waals surface area contributed by atoms with E-state index in [0.717, 1.165) is 5.56 Å². The summed E-state index contributed by atoms with van der Waals surface area (Å²) in [6, 6.07) is 5.46. The second-order valence-electron chi connectivity index (χ2n) is 3.78. The molecule has 1 unspecified atom stereocenters. The van der Waals surface area contributed by atoms with Crippen LogP contribution in [0.4, 0.5) is 0 Å². The fraction of sp³-hybridized carbons (Fsp3) is 0.385. The van der Waals surface area contributed by atoms with Gasteiger partial charge in [0, 0.05) is 6.42 Å². The van der Waals surface area contributed by atoms with Crippen LogP contribution in [0.15, 0.2) is 18.2 Å². The van der Waals surface area contributed by atoms with E-state index in [1.54, 1.807) is 27.2 Å². The molecule has 0 amide bonds. The summed E-state index contributed by atoms with van der Waals surface area (Å²) in [7, 11) is 3.15. The number of benzene rings is 1. The molecular weight excluding hydrogens is 204 g/mol. The van der Waals surface area contributed by atoms with E-state index in [0.29, 0.717) is 17.9 Å². The highest BCUT2D eigenvalue weighted by Crippen LogP contribution is 2.28. The molecule has 0 radical (unpaired) electrons. The van der Waals surface area contributed by atoms with Crippen LogP contribution in [-0.2, 0) is 6.42 Å². The lowest BCUT2D eigenvalue weighted by atomic mass is 9.97. The van der Waals surface area contributed by atoms with E-state index in [1.807, 2.05) is 12.1 Å². The maximum atomic E-state index is 9.76. The fourth-order valence-electron chi connectivity index (χ4n) is 1.44. The molecule has 0 fully saturated rings. The lowest BCUT2D eigenvalue weighted by molar-refractivity contribution is 0.123. The third-order valence-corrected chi connectivity index (χ3v) is 2.31. The minimum absolute atomic E-state index is 0.379. The Bertz CT molecular complexity index is 402. The first-order valence-corrected chi connectivity index (χ1v) is 4.93. The molecule has 0 aliphatic carbocycles. The van der Waals surface area contributed by atoms with Gasteiger partial charge >= 0.3 is 0 Å². The Hall–Kier alpha value is -1.66. The van der Waals surface area contributed by atoms with Gasteiger partial charge in [-0.2, -0.15) is 0 Å². The van der Waals surface area contributed by atoms with Crippen LogP contribution in [-0.4, -0.2) is 24.9 Å². The number of rotatable bonds is 4. The van der Waals surface area contributed by atoms with Crippen molar-refractivity contribution in [1.82, 2.24) is 0 Å². The molecule has 16 heavy (non-hydrogen) atoms. The standard InChI is InChI=1S/C13H16O3/c1-5-13(2,14)9-10-6-7-11(15-3)12(8-10)16-4/h1,6-8,14H,9H2,2-4H3. The molecule has 0 saturated heterocycles. The summed E-state index contributed by atoms with van der Waals surface area (Å²) in [5.74, 6) is 3.63. The highest BCUT2D eigenvalue weighted by atomic mass is 16.5. The number of terminal acetylenes is 1. The molecule has 0 bridgehead atoms. The number of hydrogen-bond acceptors (Lipinski definition) is 3. The van der Waals surface area contributed by atoms with Gasteiger partial charge in [0.1, 0.15) is 5.60 Å². The molecule has 1 aromatic carbocycles. The van der Waals surface area contributed by atoms with Crippen molar-refractivity contribution in [3.63, 3.8) is 0 Å². The van der Waals surface area contributed by atoms with Gasteiger partial charge in [0.15, 0.2) is 11.5 Å². The Morgan fingerprint density at radius 2 is 1.94 bits per heavy atom. The Labute approximate surface area is 96.0 Å². The zero-order valence-corrected chi connectivity index (χ0v) is 9.78. The molecule has 0 aliphatic rings. The molecule has 0 spiro atoms. The van der Waals surface area contributed by atoms with Crippen LogP contribution in [0.1, 0.15) is 12.5 Å². The minimum Gasteiger partial charge on any atom is -0.493 e. The third-order valence-electron chi connectivity index (χ3n) is 2.31. The van der Waals surface area contributed by atoms with E-state index >= 15 is 0 Å². The molecule has 3 nitrogen and oxygen atoms in total. The van der Waals surface area contributed by atoms with Crippen molar-refractivity contribution < 1.29 is 14.6 Å². The molecule has 0 heterocycles. The van der Waals surface area contributed by atoms with Crippen LogP contribution >= 0.6 is 0 Å². The number of hydrogen-bond donors (Lipinski definition) is 1. The van der Waals surface area contributed by atoms with Crippen LogP contribution in [0.2, 0.25) is 0 Å². The van der Waals surface area contributed by atoms with Gasteiger partial charge in [0.05, 0.1) is 14.2 Å². The van der Waals surface area contributed by atoms with Crippen molar-refractivity contribution in [3.05, 3.63) is 23.8 Å². The maximum Gasteiger partial charge on any atom is 0.160 e. The predicted molar refractivity (Wildman–Crippen MR) is 62.7 cm³/mol. The minimum atomic E-state index is -1.14. The van der Waals surface area contributed by atoms with E-state index in [-0.39, 0.29) is 0 Å². The quantitative estimate of drug-likeness (QED) is 0.784. The average molecular weight is 220 g/mol. The zero-order valence-electron chi connectivity index (χ0n) is 9.78. The molecule has 3 heteroatoms. The van der Waals surface area contributed by atoms with E-state index in [9.17, 15) is 5.11 Å². The monoisotopic (exact) mass is 220 g/mol. The Morgan fingerprint density at radius 3 is 2.44 bits per heavy atom. The molecule has 1 atom stereocenters. The fourth-order valence-corrected chi connectivity index (χ4v) is 1.44. The van der Waals surface area contributed by atoms with Gasteiger partial charge in [0.25, 0.3) is 0 Å². The lowest BCUT2D eigenvalue weighted by Gasteiger charge is -2.17. The van der Waals surface area contributed by atoms with Crippen molar-refractivity contribution in [3.8, 4) is 23.8 Å². The summed E-state index contributed by atoms with van der Waals surface area (Å²) >= 11 is 0. The van der Waals surface area contributed by atoms with Crippen molar-refractivity contribution in [2.45, 2.75) is 18.9 Å². The molecule has 0 saturated carbocycles. The first-order valence-electron chi connectivity index (χ1n) is 4.93. The predicted octanol–water partition coefficient (Wildman–Crippen LogP) is 1.63. The molecule has 0 aromatic heterocycles. The Balaban J connectivity index is 2.97. The molecular formula is C13H16O3. The summed E-state index contributed by atoms with van der Waals surface area (Å²) < 4.78 is 10.3. The van der Waals surface area contributed by atoms with E-state index in [2.05, 4.69) is 5.92 Å². The number of methoxy groups -OCH3 is 2.